The van der Waals surface area contributed by atoms with Crippen LogP contribution in [0.2, 0.25) is 0 Å². The fourth-order valence-electron chi connectivity index (χ4n) is 1.53. The molecule has 0 amide bonds. The third kappa shape index (κ3) is 1.16. The largest absolute Gasteiger partial charge is 0.395 e. The molecule has 0 atom stereocenters. The van der Waals surface area contributed by atoms with E-state index in [1.54, 1.807) is 0 Å². The van der Waals surface area contributed by atoms with Gasteiger partial charge in [0.1, 0.15) is 7.85 Å². The first-order valence-corrected chi connectivity index (χ1v) is 4.24. The van der Waals surface area contributed by atoms with E-state index in [0.29, 0.717) is 0 Å². The smallest absolute Gasteiger partial charge is 0.113 e. The minimum Gasteiger partial charge on any atom is -0.395 e. The SMILES string of the molecule is [B]c1ccc(C2(CO)CC2)cc1. The topological polar surface area (TPSA) is 20.2 Å². The molecule has 0 aliphatic heterocycles. The number of aliphatic hydroxyl groups excluding tert-OH is 1. The van der Waals surface area contributed by atoms with Crippen molar-refractivity contribution in [1.29, 1.82) is 0 Å². The molecule has 1 N–H and O–H groups in total. The Hall–Kier alpha value is -0.755. The summed E-state index contributed by atoms with van der Waals surface area (Å²) >= 11 is 0. The van der Waals surface area contributed by atoms with Gasteiger partial charge in [0, 0.05) is 5.41 Å². The molecular weight excluding hydrogens is 147 g/mol. The van der Waals surface area contributed by atoms with E-state index < -0.39 is 0 Å². The monoisotopic (exact) mass is 158 g/mol. The Labute approximate surface area is 73.8 Å². The summed E-state index contributed by atoms with van der Waals surface area (Å²) in [6.45, 7) is 0.261. The molecule has 0 unspecified atom stereocenters. The molecule has 1 nitrogen and oxygen atoms in total. The lowest BCUT2D eigenvalue weighted by atomic mass is 9.90. The highest BCUT2D eigenvalue weighted by atomic mass is 16.3. The van der Waals surface area contributed by atoms with Crippen molar-refractivity contribution in [2.75, 3.05) is 6.61 Å². The van der Waals surface area contributed by atoms with Gasteiger partial charge in [-0.2, -0.15) is 0 Å². The Morgan fingerprint density at radius 2 is 1.83 bits per heavy atom. The van der Waals surface area contributed by atoms with Gasteiger partial charge in [0.2, 0.25) is 0 Å². The van der Waals surface area contributed by atoms with Crippen LogP contribution in [0.1, 0.15) is 18.4 Å². The van der Waals surface area contributed by atoms with Crippen LogP contribution in [0.3, 0.4) is 0 Å². The molecule has 2 radical (unpaired) electrons. The van der Waals surface area contributed by atoms with Gasteiger partial charge in [-0.05, 0) is 18.4 Å². The Bertz CT molecular complexity index is 274. The summed E-state index contributed by atoms with van der Waals surface area (Å²) in [5, 5.41) is 9.15. The lowest BCUT2D eigenvalue weighted by Gasteiger charge is -2.11. The highest BCUT2D eigenvalue weighted by molar-refractivity contribution is 6.32. The Morgan fingerprint density at radius 3 is 2.25 bits per heavy atom. The third-order valence-corrected chi connectivity index (χ3v) is 2.68. The van der Waals surface area contributed by atoms with Crippen LogP contribution in [-0.4, -0.2) is 19.6 Å². The van der Waals surface area contributed by atoms with Crippen LogP contribution < -0.4 is 5.46 Å². The molecule has 0 spiro atoms. The maximum absolute atomic E-state index is 9.15. The van der Waals surface area contributed by atoms with Crippen LogP contribution in [0, 0.1) is 0 Å². The molecule has 1 saturated carbocycles. The Balaban J connectivity index is 2.29. The number of rotatable bonds is 2. The lowest BCUT2D eigenvalue weighted by Crippen LogP contribution is -2.13. The van der Waals surface area contributed by atoms with E-state index >= 15 is 0 Å². The first-order chi connectivity index (χ1) is 5.77. The molecule has 60 valence electrons. The molecule has 0 bridgehead atoms. The summed E-state index contributed by atoms with van der Waals surface area (Å²) < 4.78 is 0. The Kier molecular flexibility index (Phi) is 1.73. The molecule has 0 heterocycles. The van der Waals surface area contributed by atoms with E-state index in [9.17, 15) is 0 Å². The minimum atomic E-state index is 0.0771. The maximum Gasteiger partial charge on any atom is 0.113 e. The summed E-state index contributed by atoms with van der Waals surface area (Å²) in [5.74, 6) is 0. The number of hydrogen-bond acceptors (Lipinski definition) is 1. The van der Waals surface area contributed by atoms with Gasteiger partial charge in [-0.1, -0.05) is 29.7 Å². The van der Waals surface area contributed by atoms with Gasteiger partial charge in [-0.3, -0.25) is 0 Å². The maximum atomic E-state index is 9.15. The number of aliphatic hydroxyl groups is 1. The van der Waals surface area contributed by atoms with Crippen LogP contribution in [0.15, 0.2) is 24.3 Å². The molecule has 1 aliphatic rings. The normalized spacial score (nSPS) is 19.1. The van der Waals surface area contributed by atoms with Gasteiger partial charge < -0.3 is 5.11 Å². The highest BCUT2D eigenvalue weighted by Crippen LogP contribution is 2.47. The van der Waals surface area contributed by atoms with Crippen molar-refractivity contribution in [2.45, 2.75) is 18.3 Å². The fourth-order valence-corrected chi connectivity index (χ4v) is 1.53. The zero-order valence-corrected chi connectivity index (χ0v) is 6.96. The molecule has 1 fully saturated rings. The number of hydrogen-bond donors (Lipinski definition) is 1. The minimum absolute atomic E-state index is 0.0771. The molecule has 0 aromatic heterocycles. The molecule has 1 aliphatic carbocycles. The first kappa shape index (κ1) is 7.87. The molecule has 1 aromatic carbocycles. The summed E-state index contributed by atoms with van der Waals surface area (Å²) in [4.78, 5) is 0. The van der Waals surface area contributed by atoms with Crippen molar-refractivity contribution >= 4 is 13.3 Å². The Morgan fingerprint density at radius 1 is 1.25 bits per heavy atom. The molecule has 1 aromatic rings. The molecule has 2 rings (SSSR count). The highest BCUT2D eigenvalue weighted by Gasteiger charge is 2.43. The number of benzene rings is 1. The van der Waals surface area contributed by atoms with Crippen LogP contribution >= 0.6 is 0 Å². The van der Waals surface area contributed by atoms with Gasteiger partial charge in [-0.15, -0.1) is 0 Å². The molecular formula is C10H11BO. The van der Waals surface area contributed by atoms with Crippen LogP contribution in [-0.2, 0) is 5.41 Å². The van der Waals surface area contributed by atoms with Gasteiger partial charge in [0.25, 0.3) is 0 Å². The standard InChI is InChI=1S/C10H11BO/c11-9-3-1-8(2-4-9)10(7-12)5-6-10/h1-4,12H,5-7H2. The molecule has 12 heavy (non-hydrogen) atoms. The average molecular weight is 158 g/mol. The van der Waals surface area contributed by atoms with Crippen molar-refractivity contribution in [3.05, 3.63) is 29.8 Å². The first-order valence-electron chi connectivity index (χ1n) is 4.24. The predicted molar refractivity (Wildman–Crippen MR) is 49.8 cm³/mol. The van der Waals surface area contributed by atoms with Gasteiger partial charge >= 0.3 is 0 Å². The van der Waals surface area contributed by atoms with E-state index in [1.165, 1.54) is 5.56 Å². The molecule has 2 heteroatoms. The van der Waals surface area contributed by atoms with Crippen LogP contribution in [0.5, 0.6) is 0 Å². The zero-order chi connectivity index (χ0) is 8.60. The second-order valence-corrected chi connectivity index (χ2v) is 3.56. The second kappa shape index (κ2) is 2.63. The third-order valence-electron chi connectivity index (χ3n) is 2.68. The second-order valence-electron chi connectivity index (χ2n) is 3.56. The summed E-state index contributed by atoms with van der Waals surface area (Å²) in [6.07, 6.45) is 2.21. The van der Waals surface area contributed by atoms with Crippen molar-refractivity contribution in [2.24, 2.45) is 0 Å². The van der Waals surface area contributed by atoms with Crippen LogP contribution in [0.25, 0.3) is 0 Å². The van der Waals surface area contributed by atoms with E-state index in [4.69, 9.17) is 13.0 Å². The van der Waals surface area contributed by atoms with Crippen molar-refractivity contribution in [3.8, 4) is 0 Å². The predicted octanol–water partition coefficient (Wildman–Crippen LogP) is 0.504. The fraction of sp³-hybridized carbons (Fsp3) is 0.400. The van der Waals surface area contributed by atoms with E-state index in [2.05, 4.69) is 0 Å². The summed E-state index contributed by atoms with van der Waals surface area (Å²) in [5.41, 5.74) is 2.08. The lowest BCUT2D eigenvalue weighted by molar-refractivity contribution is 0.255. The van der Waals surface area contributed by atoms with Crippen molar-refractivity contribution < 1.29 is 5.11 Å². The average Bonchev–Trinajstić information content (AvgIpc) is 2.86. The van der Waals surface area contributed by atoms with E-state index in [1.807, 2.05) is 24.3 Å². The van der Waals surface area contributed by atoms with E-state index in [-0.39, 0.29) is 12.0 Å². The molecule has 0 saturated heterocycles. The van der Waals surface area contributed by atoms with E-state index in [0.717, 1.165) is 18.3 Å². The quantitative estimate of drug-likeness (QED) is 0.621. The van der Waals surface area contributed by atoms with Crippen molar-refractivity contribution in [1.82, 2.24) is 0 Å². The van der Waals surface area contributed by atoms with Crippen LogP contribution in [0.4, 0.5) is 0 Å². The summed E-state index contributed by atoms with van der Waals surface area (Å²) in [6, 6.07) is 7.81. The zero-order valence-electron chi connectivity index (χ0n) is 6.96. The van der Waals surface area contributed by atoms with Gasteiger partial charge in [0.05, 0.1) is 6.61 Å². The van der Waals surface area contributed by atoms with Crippen molar-refractivity contribution in [3.63, 3.8) is 0 Å². The van der Waals surface area contributed by atoms with Gasteiger partial charge in [-0.25, -0.2) is 0 Å². The summed E-state index contributed by atoms with van der Waals surface area (Å²) in [7, 11) is 5.57. The van der Waals surface area contributed by atoms with Gasteiger partial charge in [0.15, 0.2) is 0 Å².